The molecule has 0 heterocycles. The normalized spacial score (nSPS) is 12.1. The quantitative estimate of drug-likeness (QED) is 0.603. The molecule has 0 saturated heterocycles. The van der Waals surface area contributed by atoms with Gasteiger partial charge >= 0.3 is 7.69 Å². The topological polar surface area (TPSA) is 66.8 Å². The van der Waals surface area contributed by atoms with E-state index in [0.29, 0.717) is 7.69 Å². The van der Waals surface area contributed by atoms with Gasteiger partial charge < -0.3 is 9.78 Å². The SMILES string of the molecule is CC(C)CN(O[B]O)S(=O)(=O)c1ccccc1. The van der Waals surface area contributed by atoms with Crippen LogP contribution in [0.2, 0.25) is 0 Å². The van der Waals surface area contributed by atoms with Gasteiger partial charge in [-0.3, -0.25) is 0 Å². The zero-order valence-electron chi connectivity index (χ0n) is 9.78. The molecular weight excluding hydrogens is 241 g/mol. The van der Waals surface area contributed by atoms with Crippen molar-refractivity contribution in [1.29, 1.82) is 0 Å². The highest BCUT2D eigenvalue weighted by atomic mass is 32.2. The van der Waals surface area contributed by atoms with Gasteiger partial charge in [0.2, 0.25) is 0 Å². The fraction of sp³-hybridized carbons (Fsp3) is 0.400. The molecule has 93 valence electrons. The molecule has 1 N–H and O–H groups in total. The summed E-state index contributed by atoms with van der Waals surface area (Å²) in [6.07, 6.45) is 0. The summed E-state index contributed by atoms with van der Waals surface area (Å²) >= 11 is 0. The Morgan fingerprint density at radius 3 is 2.41 bits per heavy atom. The predicted octanol–water partition coefficient (Wildman–Crippen LogP) is 0.791. The van der Waals surface area contributed by atoms with Crippen molar-refractivity contribution in [1.82, 2.24) is 4.47 Å². The Hall–Kier alpha value is -0.885. The summed E-state index contributed by atoms with van der Waals surface area (Å²) in [5.41, 5.74) is 0. The fourth-order valence-corrected chi connectivity index (χ4v) is 2.64. The van der Waals surface area contributed by atoms with Crippen LogP contribution in [0.3, 0.4) is 0 Å². The Balaban J connectivity index is 3.00. The molecule has 1 aromatic carbocycles. The molecule has 0 saturated carbocycles. The largest absolute Gasteiger partial charge is 0.504 e. The minimum Gasteiger partial charge on any atom is -0.428 e. The third-order valence-corrected chi connectivity index (χ3v) is 3.63. The van der Waals surface area contributed by atoms with Crippen LogP contribution in [0.5, 0.6) is 0 Å². The zero-order chi connectivity index (χ0) is 12.9. The van der Waals surface area contributed by atoms with Gasteiger partial charge in [0.25, 0.3) is 10.0 Å². The predicted molar refractivity (Wildman–Crippen MR) is 64.2 cm³/mol. The van der Waals surface area contributed by atoms with E-state index in [-0.39, 0.29) is 17.4 Å². The van der Waals surface area contributed by atoms with Gasteiger partial charge in [-0.2, -0.15) is 0 Å². The molecule has 0 aliphatic heterocycles. The number of rotatable bonds is 6. The smallest absolute Gasteiger partial charge is 0.428 e. The number of sulfonamides is 1. The van der Waals surface area contributed by atoms with Crippen LogP contribution in [-0.2, 0) is 14.8 Å². The molecule has 7 heteroatoms. The number of hydrogen-bond donors (Lipinski definition) is 1. The summed E-state index contributed by atoms with van der Waals surface area (Å²) in [6.45, 7) is 3.87. The zero-order valence-corrected chi connectivity index (χ0v) is 10.6. The lowest BCUT2D eigenvalue weighted by Crippen LogP contribution is -2.35. The average Bonchev–Trinajstić information content (AvgIpc) is 2.29. The second-order valence-electron chi connectivity index (χ2n) is 3.91. The maximum atomic E-state index is 12.1. The number of benzene rings is 1. The number of hydrogen-bond acceptors (Lipinski definition) is 4. The van der Waals surface area contributed by atoms with Crippen LogP contribution in [0.1, 0.15) is 13.8 Å². The van der Waals surface area contributed by atoms with Gasteiger partial charge in [-0.15, -0.1) is 0 Å². The molecule has 0 unspecified atom stereocenters. The van der Waals surface area contributed by atoms with Crippen molar-refractivity contribution in [2.24, 2.45) is 5.92 Å². The summed E-state index contributed by atoms with van der Waals surface area (Å²) in [6, 6.07) is 7.93. The first-order valence-electron chi connectivity index (χ1n) is 5.19. The lowest BCUT2D eigenvalue weighted by atomic mass is 10.2. The van der Waals surface area contributed by atoms with Crippen LogP contribution in [0, 0.1) is 5.92 Å². The average molecular weight is 256 g/mol. The lowest BCUT2D eigenvalue weighted by Gasteiger charge is -2.22. The number of nitrogens with zero attached hydrogens (tertiary/aromatic N) is 1. The fourth-order valence-electron chi connectivity index (χ4n) is 1.26. The van der Waals surface area contributed by atoms with Gasteiger partial charge in [-0.1, -0.05) is 36.5 Å². The van der Waals surface area contributed by atoms with Gasteiger partial charge in [0.05, 0.1) is 4.90 Å². The highest BCUT2D eigenvalue weighted by Crippen LogP contribution is 2.16. The monoisotopic (exact) mass is 256 g/mol. The second kappa shape index (κ2) is 6.16. The van der Waals surface area contributed by atoms with Crippen molar-refractivity contribution in [3.05, 3.63) is 30.3 Å². The van der Waals surface area contributed by atoms with Crippen LogP contribution >= 0.6 is 0 Å². The molecule has 1 rings (SSSR count). The molecule has 0 aromatic heterocycles. The first kappa shape index (κ1) is 14.2. The third-order valence-electron chi connectivity index (χ3n) is 1.99. The highest BCUT2D eigenvalue weighted by Gasteiger charge is 2.25. The Labute approximate surface area is 102 Å². The van der Waals surface area contributed by atoms with Crippen molar-refractivity contribution in [2.75, 3.05) is 6.54 Å². The van der Waals surface area contributed by atoms with Gasteiger partial charge in [0.15, 0.2) is 0 Å². The molecule has 0 spiro atoms. The van der Waals surface area contributed by atoms with Crippen molar-refractivity contribution in [3.8, 4) is 0 Å². The van der Waals surface area contributed by atoms with Crippen LogP contribution < -0.4 is 0 Å². The molecular formula is C10H15BNO4S. The van der Waals surface area contributed by atoms with E-state index < -0.39 is 10.0 Å². The molecule has 0 fully saturated rings. The molecule has 1 radical (unpaired) electrons. The van der Waals surface area contributed by atoms with Gasteiger partial charge in [-0.25, -0.2) is 8.42 Å². The van der Waals surface area contributed by atoms with E-state index in [9.17, 15) is 8.42 Å². The summed E-state index contributed by atoms with van der Waals surface area (Å²) in [5, 5.41) is 8.61. The summed E-state index contributed by atoms with van der Waals surface area (Å²) in [5.74, 6) is 0.0773. The Bertz CT molecular complexity index is 435. The van der Waals surface area contributed by atoms with Gasteiger partial charge in [0, 0.05) is 6.54 Å². The molecule has 0 aliphatic carbocycles. The van der Waals surface area contributed by atoms with Crippen molar-refractivity contribution in [2.45, 2.75) is 18.7 Å². The van der Waals surface area contributed by atoms with Crippen molar-refractivity contribution in [3.63, 3.8) is 0 Å². The molecule has 0 aliphatic rings. The molecule has 0 amide bonds. The van der Waals surface area contributed by atoms with E-state index in [4.69, 9.17) is 5.02 Å². The molecule has 17 heavy (non-hydrogen) atoms. The maximum Gasteiger partial charge on any atom is 0.504 e. The minimum atomic E-state index is -3.74. The second-order valence-corrected chi connectivity index (χ2v) is 5.74. The highest BCUT2D eigenvalue weighted by molar-refractivity contribution is 7.89. The first-order valence-corrected chi connectivity index (χ1v) is 6.63. The lowest BCUT2D eigenvalue weighted by molar-refractivity contribution is 0.0136. The summed E-state index contributed by atoms with van der Waals surface area (Å²) < 4.78 is 29.7. The van der Waals surface area contributed by atoms with E-state index in [1.165, 1.54) is 12.1 Å². The molecule has 1 aromatic rings. The maximum absolute atomic E-state index is 12.1. The van der Waals surface area contributed by atoms with Gasteiger partial charge in [0.1, 0.15) is 0 Å². The number of hydroxylamine groups is 1. The van der Waals surface area contributed by atoms with Crippen molar-refractivity contribution >= 4 is 17.7 Å². The van der Waals surface area contributed by atoms with Crippen molar-refractivity contribution < 1.29 is 18.2 Å². The van der Waals surface area contributed by atoms with E-state index in [1.807, 2.05) is 13.8 Å². The summed E-state index contributed by atoms with van der Waals surface area (Å²) in [4.78, 5) is 0.127. The van der Waals surface area contributed by atoms with E-state index >= 15 is 0 Å². The van der Waals surface area contributed by atoms with Crippen LogP contribution in [0.25, 0.3) is 0 Å². The standard InChI is InChI=1S/C10H15BNO4S/c1-9(2)8-12(16-11-13)17(14,15)10-6-4-3-5-7-10/h3-7,9,13H,8H2,1-2H3. The summed E-state index contributed by atoms with van der Waals surface area (Å²) in [7, 11) is -3.37. The Morgan fingerprint density at radius 2 is 1.94 bits per heavy atom. The van der Waals surface area contributed by atoms with E-state index in [1.54, 1.807) is 18.2 Å². The Morgan fingerprint density at radius 1 is 1.35 bits per heavy atom. The van der Waals surface area contributed by atoms with Crippen LogP contribution in [-0.4, -0.2) is 32.1 Å². The van der Waals surface area contributed by atoms with Gasteiger partial charge in [-0.05, 0) is 18.1 Å². The first-order chi connectivity index (χ1) is 7.98. The molecule has 5 nitrogen and oxygen atoms in total. The third kappa shape index (κ3) is 3.81. The Kier molecular flexibility index (Phi) is 5.13. The van der Waals surface area contributed by atoms with E-state index in [2.05, 4.69) is 4.76 Å². The van der Waals surface area contributed by atoms with Crippen LogP contribution in [0.15, 0.2) is 35.2 Å². The van der Waals surface area contributed by atoms with Crippen LogP contribution in [0.4, 0.5) is 0 Å². The minimum absolute atomic E-state index is 0.0773. The molecule has 0 atom stereocenters. The molecule has 0 bridgehead atoms. The van der Waals surface area contributed by atoms with E-state index in [0.717, 1.165) is 4.47 Å².